The smallest absolute Gasteiger partial charge is 0.123 e. The summed E-state index contributed by atoms with van der Waals surface area (Å²) in [4.78, 5) is 0. The van der Waals surface area contributed by atoms with Crippen molar-refractivity contribution in [2.24, 2.45) is 0 Å². The first kappa shape index (κ1) is 12.9. The first-order valence-electron chi connectivity index (χ1n) is 5.39. The molecule has 0 aliphatic rings. The van der Waals surface area contributed by atoms with Gasteiger partial charge in [-0.3, -0.25) is 0 Å². The maximum absolute atomic E-state index is 12.6. The molecule has 0 aromatic heterocycles. The van der Waals surface area contributed by atoms with Gasteiger partial charge >= 0.3 is 0 Å². The van der Waals surface area contributed by atoms with Crippen LogP contribution in [0.2, 0.25) is 0 Å². The Bertz CT molecular complexity index is 277. The molecule has 0 radical (unpaired) electrons. The molecule has 0 aliphatic heterocycles. The lowest BCUT2D eigenvalue weighted by Gasteiger charge is -2.06. The van der Waals surface area contributed by atoms with E-state index < -0.39 is 0 Å². The molecule has 1 aromatic rings. The normalized spacial score (nSPS) is 10.4. The highest BCUT2D eigenvalue weighted by atomic mass is 19.1. The van der Waals surface area contributed by atoms with Gasteiger partial charge < -0.3 is 14.8 Å². The predicted octanol–water partition coefficient (Wildman–Crippen LogP) is 2.29. The van der Waals surface area contributed by atoms with Gasteiger partial charge in [-0.1, -0.05) is 0 Å². The van der Waals surface area contributed by atoms with Gasteiger partial charge in [-0.05, 0) is 30.7 Å². The summed E-state index contributed by atoms with van der Waals surface area (Å²) >= 11 is 0. The number of halogens is 1. The second-order valence-electron chi connectivity index (χ2n) is 3.39. The zero-order valence-corrected chi connectivity index (χ0v) is 9.54. The van der Waals surface area contributed by atoms with Crippen LogP contribution in [0.15, 0.2) is 24.3 Å². The molecule has 0 unspecified atom stereocenters. The third kappa shape index (κ3) is 5.68. The molecule has 0 spiro atoms. The minimum absolute atomic E-state index is 0.214. The van der Waals surface area contributed by atoms with Crippen molar-refractivity contribution in [3.05, 3.63) is 30.1 Å². The first-order valence-corrected chi connectivity index (χ1v) is 5.39. The fourth-order valence-electron chi connectivity index (χ4n) is 1.22. The van der Waals surface area contributed by atoms with E-state index in [1.165, 1.54) is 12.1 Å². The van der Waals surface area contributed by atoms with Crippen molar-refractivity contribution < 1.29 is 13.9 Å². The summed E-state index contributed by atoms with van der Waals surface area (Å²) in [6.45, 7) is 2.79. The minimum atomic E-state index is -0.214. The fraction of sp³-hybridized carbons (Fsp3) is 0.500. The summed E-state index contributed by atoms with van der Waals surface area (Å²) in [5.41, 5.74) is 0.929. The van der Waals surface area contributed by atoms with Crippen molar-refractivity contribution in [3.63, 3.8) is 0 Å². The van der Waals surface area contributed by atoms with Crippen LogP contribution in [0, 0.1) is 5.82 Å². The second-order valence-corrected chi connectivity index (χ2v) is 3.39. The zero-order chi connectivity index (χ0) is 11.6. The number of ether oxygens (including phenoxy) is 2. The molecule has 0 bridgehead atoms. The number of benzene rings is 1. The van der Waals surface area contributed by atoms with E-state index in [1.807, 2.05) is 0 Å². The molecule has 3 nitrogen and oxygen atoms in total. The highest BCUT2D eigenvalue weighted by Gasteiger charge is 1.93. The van der Waals surface area contributed by atoms with Gasteiger partial charge in [0.2, 0.25) is 0 Å². The largest absolute Gasteiger partial charge is 0.385 e. The van der Waals surface area contributed by atoms with E-state index in [9.17, 15) is 4.39 Å². The molecule has 0 heterocycles. The molecule has 0 fully saturated rings. The van der Waals surface area contributed by atoms with Crippen LogP contribution in [-0.4, -0.2) is 33.5 Å². The molecule has 0 amide bonds. The quantitative estimate of drug-likeness (QED) is 0.691. The molecular formula is C12H18FNO2. The van der Waals surface area contributed by atoms with Gasteiger partial charge in [0.1, 0.15) is 5.82 Å². The number of rotatable bonds is 8. The van der Waals surface area contributed by atoms with Crippen molar-refractivity contribution in [3.8, 4) is 0 Å². The number of hydrogen-bond acceptors (Lipinski definition) is 3. The van der Waals surface area contributed by atoms with Gasteiger partial charge in [-0.2, -0.15) is 0 Å². The Morgan fingerprint density at radius 2 is 1.88 bits per heavy atom. The van der Waals surface area contributed by atoms with E-state index in [0.717, 1.165) is 18.7 Å². The third-order valence-electron chi connectivity index (χ3n) is 2.07. The van der Waals surface area contributed by atoms with Crippen molar-refractivity contribution >= 4 is 5.69 Å². The number of anilines is 1. The van der Waals surface area contributed by atoms with Crippen LogP contribution in [0.4, 0.5) is 10.1 Å². The summed E-state index contributed by atoms with van der Waals surface area (Å²) in [5.74, 6) is -0.214. The van der Waals surface area contributed by atoms with Crippen molar-refractivity contribution in [1.29, 1.82) is 0 Å². The van der Waals surface area contributed by atoms with E-state index in [0.29, 0.717) is 19.8 Å². The van der Waals surface area contributed by atoms with Gasteiger partial charge in [0.25, 0.3) is 0 Å². The molecule has 16 heavy (non-hydrogen) atoms. The molecule has 0 atom stereocenters. The zero-order valence-electron chi connectivity index (χ0n) is 9.54. The lowest BCUT2D eigenvalue weighted by molar-refractivity contribution is 0.0705. The number of hydrogen-bond donors (Lipinski definition) is 1. The average molecular weight is 227 g/mol. The molecular weight excluding hydrogens is 209 g/mol. The van der Waals surface area contributed by atoms with Crippen LogP contribution >= 0.6 is 0 Å². The molecule has 0 saturated carbocycles. The summed E-state index contributed by atoms with van der Waals surface area (Å²) < 4.78 is 22.7. The SMILES string of the molecule is COCCOCCCNc1ccc(F)cc1. The molecule has 90 valence electrons. The lowest BCUT2D eigenvalue weighted by Crippen LogP contribution is -2.08. The molecule has 1 rings (SSSR count). The van der Waals surface area contributed by atoms with E-state index in [2.05, 4.69) is 5.32 Å². The predicted molar refractivity (Wildman–Crippen MR) is 62.2 cm³/mol. The van der Waals surface area contributed by atoms with Crippen molar-refractivity contribution in [1.82, 2.24) is 0 Å². The van der Waals surface area contributed by atoms with Gasteiger partial charge in [0.05, 0.1) is 13.2 Å². The number of nitrogens with one attached hydrogen (secondary N) is 1. The topological polar surface area (TPSA) is 30.5 Å². The van der Waals surface area contributed by atoms with Crippen LogP contribution in [0.3, 0.4) is 0 Å². The maximum Gasteiger partial charge on any atom is 0.123 e. The van der Waals surface area contributed by atoms with Crippen LogP contribution in [-0.2, 0) is 9.47 Å². The molecule has 4 heteroatoms. The minimum Gasteiger partial charge on any atom is -0.385 e. The average Bonchev–Trinajstić information content (AvgIpc) is 2.30. The van der Waals surface area contributed by atoms with Gasteiger partial charge in [-0.25, -0.2) is 4.39 Å². The Balaban J connectivity index is 2.01. The van der Waals surface area contributed by atoms with E-state index >= 15 is 0 Å². The first-order chi connectivity index (χ1) is 7.83. The Kier molecular flexibility index (Phi) is 6.53. The van der Waals surface area contributed by atoms with Crippen LogP contribution in [0.25, 0.3) is 0 Å². The van der Waals surface area contributed by atoms with Crippen LogP contribution < -0.4 is 5.32 Å². The van der Waals surface area contributed by atoms with Crippen molar-refractivity contribution in [2.45, 2.75) is 6.42 Å². The van der Waals surface area contributed by atoms with Crippen LogP contribution in [0.5, 0.6) is 0 Å². The Morgan fingerprint density at radius 3 is 2.56 bits per heavy atom. The standard InChI is InChI=1S/C12H18FNO2/c1-15-9-10-16-8-2-7-14-12-5-3-11(13)4-6-12/h3-6,14H,2,7-10H2,1H3. The monoisotopic (exact) mass is 227 g/mol. The molecule has 0 aliphatic carbocycles. The summed E-state index contributed by atoms with van der Waals surface area (Å²) in [6.07, 6.45) is 0.918. The lowest BCUT2D eigenvalue weighted by atomic mass is 10.3. The summed E-state index contributed by atoms with van der Waals surface area (Å²) in [6, 6.07) is 6.33. The molecule has 1 aromatic carbocycles. The van der Waals surface area contributed by atoms with E-state index in [-0.39, 0.29) is 5.82 Å². The molecule has 0 saturated heterocycles. The number of methoxy groups -OCH3 is 1. The van der Waals surface area contributed by atoms with Crippen molar-refractivity contribution in [2.75, 3.05) is 38.8 Å². The highest BCUT2D eigenvalue weighted by Crippen LogP contribution is 2.07. The Morgan fingerprint density at radius 1 is 1.12 bits per heavy atom. The second kappa shape index (κ2) is 8.07. The summed E-state index contributed by atoms with van der Waals surface area (Å²) in [7, 11) is 1.65. The highest BCUT2D eigenvalue weighted by molar-refractivity contribution is 5.42. The molecule has 1 N–H and O–H groups in total. The van der Waals surface area contributed by atoms with Crippen LogP contribution in [0.1, 0.15) is 6.42 Å². The van der Waals surface area contributed by atoms with E-state index in [4.69, 9.17) is 9.47 Å². The Hall–Kier alpha value is -1.13. The maximum atomic E-state index is 12.6. The van der Waals surface area contributed by atoms with E-state index in [1.54, 1.807) is 19.2 Å². The van der Waals surface area contributed by atoms with Gasteiger partial charge in [-0.15, -0.1) is 0 Å². The van der Waals surface area contributed by atoms with Gasteiger partial charge in [0, 0.05) is 25.9 Å². The fourth-order valence-corrected chi connectivity index (χ4v) is 1.22. The Labute approximate surface area is 95.6 Å². The van der Waals surface area contributed by atoms with Gasteiger partial charge in [0.15, 0.2) is 0 Å². The summed E-state index contributed by atoms with van der Waals surface area (Å²) in [5, 5.41) is 3.18. The third-order valence-corrected chi connectivity index (χ3v) is 2.07.